The Balaban J connectivity index is 1.97. The van der Waals surface area contributed by atoms with Crippen LogP contribution in [-0.4, -0.2) is 5.78 Å². The van der Waals surface area contributed by atoms with E-state index in [0.29, 0.717) is 16.6 Å². The lowest BCUT2D eigenvalue weighted by molar-refractivity contribution is 0.0933. The zero-order chi connectivity index (χ0) is 15.9. The summed E-state index contributed by atoms with van der Waals surface area (Å²) in [6.07, 6.45) is 6.64. The Morgan fingerprint density at radius 3 is 1.82 bits per heavy atom. The number of carbonyl (C=O) groups is 1. The molecule has 3 aliphatic rings. The number of carbonyl (C=O) groups excluding carboxylic acids is 1. The Hall–Kier alpha value is -1.11. The molecular formula is C21H28O. The van der Waals surface area contributed by atoms with E-state index in [2.05, 4.69) is 34.6 Å². The molecule has 0 fully saturated rings. The quantitative estimate of drug-likeness (QED) is 0.734. The van der Waals surface area contributed by atoms with Gasteiger partial charge in [0.15, 0.2) is 5.78 Å². The number of hydrogen-bond acceptors (Lipinski definition) is 1. The summed E-state index contributed by atoms with van der Waals surface area (Å²) in [6, 6.07) is 0. The Labute approximate surface area is 134 Å². The van der Waals surface area contributed by atoms with Crippen LogP contribution in [-0.2, 0) is 32.1 Å². The zero-order valence-corrected chi connectivity index (χ0v) is 14.7. The van der Waals surface area contributed by atoms with E-state index in [1.54, 1.807) is 16.7 Å². The van der Waals surface area contributed by atoms with Crippen molar-refractivity contribution in [3.8, 4) is 0 Å². The fraction of sp³-hybridized carbons (Fsp3) is 0.667. The Bertz CT molecular complexity index is 691. The highest BCUT2D eigenvalue weighted by Crippen LogP contribution is 2.51. The molecule has 1 heteroatoms. The van der Waals surface area contributed by atoms with Crippen LogP contribution in [0.5, 0.6) is 0 Å². The smallest absolute Gasteiger partial charge is 0.166 e. The average Bonchev–Trinajstić information content (AvgIpc) is 3.00. The molecule has 1 unspecified atom stereocenters. The highest BCUT2D eigenvalue weighted by Gasteiger charge is 2.44. The molecule has 1 aromatic rings. The number of hydrogen-bond donors (Lipinski definition) is 0. The molecule has 0 radical (unpaired) electrons. The van der Waals surface area contributed by atoms with Gasteiger partial charge >= 0.3 is 0 Å². The third-order valence-corrected chi connectivity index (χ3v) is 6.24. The largest absolute Gasteiger partial charge is 0.294 e. The van der Waals surface area contributed by atoms with Gasteiger partial charge in [0, 0.05) is 11.5 Å². The molecule has 0 amide bonds. The molecule has 0 saturated carbocycles. The van der Waals surface area contributed by atoms with Crippen molar-refractivity contribution in [3.63, 3.8) is 0 Å². The number of Topliss-reactive ketones (excluding diaryl/α,β-unsaturated/α-hetero) is 1. The van der Waals surface area contributed by atoms with Crippen LogP contribution in [0, 0.1) is 16.7 Å². The van der Waals surface area contributed by atoms with E-state index < -0.39 is 0 Å². The maximum Gasteiger partial charge on any atom is 0.166 e. The van der Waals surface area contributed by atoms with Gasteiger partial charge in [-0.15, -0.1) is 0 Å². The summed E-state index contributed by atoms with van der Waals surface area (Å²) in [5.74, 6) is 0.706. The summed E-state index contributed by atoms with van der Waals surface area (Å²) in [5.41, 5.74) is 9.52. The van der Waals surface area contributed by atoms with Crippen LogP contribution >= 0.6 is 0 Å². The third kappa shape index (κ3) is 1.87. The lowest BCUT2D eigenvalue weighted by Crippen LogP contribution is -2.12. The van der Waals surface area contributed by atoms with E-state index in [1.807, 2.05) is 0 Å². The second-order valence-corrected chi connectivity index (χ2v) is 9.48. The van der Waals surface area contributed by atoms with Gasteiger partial charge in [-0.1, -0.05) is 34.6 Å². The van der Waals surface area contributed by atoms with Crippen LogP contribution in [0.2, 0.25) is 0 Å². The van der Waals surface area contributed by atoms with Crippen molar-refractivity contribution in [1.82, 2.24) is 0 Å². The highest BCUT2D eigenvalue weighted by atomic mass is 16.1. The Morgan fingerprint density at radius 1 is 0.818 bits per heavy atom. The normalized spacial score (nSPS) is 27.0. The maximum absolute atomic E-state index is 13.0. The minimum atomic E-state index is 0.248. The van der Waals surface area contributed by atoms with E-state index in [4.69, 9.17) is 0 Å². The van der Waals surface area contributed by atoms with Crippen LogP contribution in [0.1, 0.15) is 79.2 Å². The minimum Gasteiger partial charge on any atom is -0.294 e. The summed E-state index contributed by atoms with van der Waals surface area (Å²) in [7, 11) is 0. The van der Waals surface area contributed by atoms with Gasteiger partial charge in [-0.05, 0) is 77.2 Å². The van der Waals surface area contributed by atoms with Crippen molar-refractivity contribution in [2.75, 3.05) is 0 Å². The summed E-state index contributed by atoms with van der Waals surface area (Å²) in [6.45, 7) is 11.7. The molecule has 118 valence electrons. The summed E-state index contributed by atoms with van der Waals surface area (Å²) < 4.78 is 0. The SMILES string of the molecule is CCC1Cc2c3c(c4c(c2C1=O)CC(C)(C)C4)CC(C)(C)C3. The van der Waals surface area contributed by atoms with E-state index in [-0.39, 0.29) is 5.92 Å². The minimum absolute atomic E-state index is 0.248. The number of ketones is 1. The van der Waals surface area contributed by atoms with E-state index >= 15 is 0 Å². The van der Waals surface area contributed by atoms with Crippen LogP contribution in [0.15, 0.2) is 0 Å². The van der Waals surface area contributed by atoms with Gasteiger partial charge in [-0.3, -0.25) is 4.79 Å². The molecule has 0 aliphatic heterocycles. The van der Waals surface area contributed by atoms with Crippen LogP contribution in [0.25, 0.3) is 0 Å². The van der Waals surface area contributed by atoms with Crippen molar-refractivity contribution in [2.45, 2.75) is 73.1 Å². The molecule has 0 saturated heterocycles. The number of fused-ring (bicyclic) bond motifs is 6. The molecular weight excluding hydrogens is 268 g/mol. The lowest BCUT2D eigenvalue weighted by atomic mass is 9.88. The van der Waals surface area contributed by atoms with Gasteiger partial charge in [0.25, 0.3) is 0 Å². The van der Waals surface area contributed by atoms with Crippen LogP contribution in [0.3, 0.4) is 0 Å². The van der Waals surface area contributed by atoms with Crippen molar-refractivity contribution in [3.05, 3.63) is 33.4 Å². The number of benzene rings is 1. The van der Waals surface area contributed by atoms with Gasteiger partial charge < -0.3 is 0 Å². The monoisotopic (exact) mass is 296 g/mol. The molecule has 1 atom stereocenters. The maximum atomic E-state index is 13.0. The van der Waals surface area contributed by atoms with Crippen molar-refractivity contribution < 1.29 is 4.79 Å². The molecule has 0 N–H and O–H groups in total. The molecule has 22 heavy (non-hydrogen) atoms. The Morgan fingerprint density at radius 2 is 1.27 bits per heavy atom. The first kappa shape index (κ1) is 14.5. The van der Waals surface area contributed by atoms with E-state index in [1.165, 1.54) is 29.5 Å². The molecule has 0 spiro atoms. The summed E-state index contributed by atoms with van der Waals surface area (Å²) in [4.78, 5) is 13.0. The fourth-order valence-corrected chi connectivity index (χ4v) is 5.30. The topological polar surface area (TPSA) is 17.1 Å². The van der Waals surface area contributed by atoms with Crippen LogP contribution < -0.4 is 0 Å². The van der Waals surface area contributed by atoms with Gasteiger partial charge in [-0.25, -0.2) is 0 Å². The van der Waals surface area contributed by atoms with Gasteiger partial charge in [0.05, 0.1) is 0 Å². The third-order valence-electron chi connectivity index (χ3n) is 6.24. The first-order valence-electron chi connectivity index (χ1n) is 8.95. The second kappa shape index (κ2) is 4.24. The Kier molecular flexibility index (Phi) is 2.79. The predicted molar refractivity (Wildman–Crippen MR) is 90.6 cm³/mol. The van der Waals surface area contributed by atoms with Gasteiger partial charge in [0.1, 0.15) is 0 Å². The molecule has 3 aliphatic carbocycles. The molecule has 1 nitrogen and oxygen atoms in total. The van der Waals surface area contributed by atoms with Crippen molar-refractivity contribution in [2.24, 2.45) is 16.7 Å². The van der Waals surface area contributed by atoms with Crippen molar-refractivity contribution in [1.29, 1.82) is 0 Å². The van der Waals surface area contributed by atoms with Crippen molar-refractivity contribution >= 4 is 5.78 Å². The summed E-state index contributed by atoms with van der Waals surface area (Å²) >= 11 is 0. The predicted octanol–water partition coefficient (Wildman–Crippen LogP) is 4.70. The lowest BCUT2D eigenvalue weighted by Gasteiger charge is -2.17. The fourth-order valence-electron chi connectivity index (χ4n) is 5.30. The highest BCUT2D eigenvalue weighted by molar-refractivity contribution is 6.04. The first-order valence-corrected chi connectivity index (χ1v) is 8.95. The number of rotatable bonds is 1. The first-order chi connectivity index (χ1) is 10.2. The standard InChI is InChI=1S/C21H28O/c1-6-12-7-13-14-8-20(2,3)9-15(14)16-10-21(4,5)11-17(16)18(13)19(12)22/h12H,6-11H2,1-5H3. The molecule has 1 aromatic carbocycles. The van der Waals surface area contributed by atoms with E-state index in [9.17, 15) is 4.79 Å². The second-order valence-electron chi connectivity index (χ2n) is 9.48. The molecule has 4 rings (SSSR count). The molecule has 0 heterocycles. The van der Waals surface area contributed by atoms with Gasteiger partial charge in [0.2, 0.25) is 0 Å². The van der Waals surface area contributed by atoms with E-state index in [0.717, 1.165) is 25.7 Å². The average molecular weight is 296 g/mol. The molecule has 0 aromatic heterocycles. The zero-order valence-electron chi connectivity index (χ0n) is 14.7. The summed E-state index contributed by atoms with van der Waals surface area (Å²) in [5, 5.41) is 0. The molecule has 0 bridgehead atoms. The van der Waals surface area contributed by atoms with Crippen LogP contribution in [0.4, 0.5) is 0 Å². The van der Waals surface area contributed by atoms with Gasteiger partial charge in [-0.2, -0.15) is 0 Å².